The fourth-order valence-electron chi connectivity index (χ4n) is 2.58. The van der Waals surface area contributed by atoms with Gasteiger partial charge in [-0.1, -0.05) is 67.6 Å². The van der Waals surface area contributed by atoms with Crippen molar-refractivity contribution in [3.05, 3.63) is 84.4 Å². The third-order valence-corrected chi connectivity index (χ3v) is 6.34. The smallest absolute Gasteiger partial charge is 0.261 e. The second-order valence-electron chi connectivity index (χ2n) is 5.91. The van der Waals surface area contributed by atoms with Gasteiger partial charge in [0.2, 0.25) is 0 Å². The molecule has 0 bridgehead atoms. The largest absolute Gasteiger partial charge is 0.278 e. The van der Waals surface area contributed by atoms with Gasteiger partial charge >= 0.3 is 0 Å². The second kappa shape index (κ2) is 8.43. The molecule has 1 N–H and O–H groups in total. The predicted octanol–water partition coefficient (Wildman–Crippen LogP) is 5.59. The van der Waals surface area contributed by atoms with Crippen molar-refractivity contribution >= 4 is 27.5 Å². The Hall–Kier alpha value is -2.24. The zero-order valence-corrected chi connectivity index (χ0v) is 16.2. The molecule has 0 aliphatic rings. The Balaban J connectivity index is 1.83. The first-order chi connectivity index (χ1) is 12.6. The van der Waals surface area contributed by atoms with Crippen LogP contribution in [0.25, 0.3) is 0 Å². The molecule has 3 rings (SSSR count). The van der Waals surface area contributed by atoms with Gasteiger partial charge in [0.1, 0.15) is 0 Å². The Bertz CT molecular complexity index is 953. The lowest BCUT2D eigenvalue weighted by Gasteiger charge is -2.12. The van der Waals surface area contributed by atoms with Gasteiger partial charge in [-0.25, -0.2) is 8.42 Å². The number of nitrogens with one attached hydrogen (secondary N) is 1. The molecule has 0 fully saturated rings. The lowest BCUT2D eigenvalue weighted by molar-refractivity contribution is 0.601. The molecule has 3 aromatic rings. The molecule has 0 spiro atoms. The highest BCUT2D eigenvalue weighted by molar-refractivity contribution is 7.99. The van der Waals surface area contributed by atoms with E-state index in [1.54, 1.807) is 18.2 Å². The molecule has 0 saturated heterocycles. The Morgan fingerprint density at radius 2 is 1.50 bits per heavy atom. The van der Waals surface area contributed by atoms with Crippen LogP contribution in [0.2, 0.25) is 0 Å². The summed E-state index contributed by atoms with van der Waals surface area (Å²) >= 11 is 1.53. The van der Waals surface area contributed by atoms with Crippen molar-refractivity contribution in [3.63, 3.8) is 0 Å². The van der Waals surface area contributed by atoms with Crippen LogP contribution in [0.5, 0.6) is 0 Å². The van der Waals surface area contributed by atoms with Gasteiger partial charge in [0, 0.05) is 9.79 Å². The van der Waals surface area contributed by atoms with Gasteiger partial charge in [-0.3, -0.25) is 4.72 Å². The summed E-state index contributed by atoms with van der Waals surface area (Å²) in [7, 11) is -3.62. The van der Waals surface area contributed by atoms with Crippen molar-refractivity contribution in [2.45, 2.75) is 34.5 Å². The second-order valence-corrected chi connectivity index (χ2v) is 8.71. The number of hydrogen-bond donors (Lipinski definition) is 1. The molecule has 0 aliphatic carbocycles. The van der Waals surface area contributed by atoms with E-state index in [9.17, 15) is 8.42 Å². The molecule has 3 aromatic carbocycles. The molecule has 0 atom stereocenters. The van der Waals surface area contributed by atoms with E-state index in [0.29, 0.717) is 5.69 Å². The van der Waals surface area contributed by atoms with Crippen LogP contribution < -0.4 is 4.72 Å². The quantitative estimate of drug-likeness (QED) is 0.578. The average molecular weight is 384 g/mol. The van der Waals surface area contributed by atoms with E-state index in [1.165, 1.54) is 11.8 Å². The summed E-state index contributed by atoms with van der Waals surface area (Å²) < 4.78 is 28.2. The lowest BCUT2D eigenvalue weighted by atomic mass is 10.1. The molecule has 134 valence electrons. The number of para-hydroxylation sites is 1. The standard InChI is InChI=1S/C21H21NO2S2/c1-2-8-17-13-15-19(16-14-17)26(23,24)22-20-11-6-7-12-21(20)25-18-9-4-3-5-10-18/h3-7,9-16,22H,2,8H2,1H3. The van der Waals surface area contributed by atoms with Gasteiger partial charge in [0.25, 0.3) is 10.0 Å². The third kappa shape index (κ3) is 4.68. The predicted molar refractivity (Wildman–Crippen MR) is 108 cm³/mol. The fourth-order valence-corrected chi connectivity index (χ4v) is 4.65. The first kappa shape index (κ1) is 18.5. The SMILES string of the molecule is CCCc1ccc(S(=O)(=O)Nc2ccccc2Sc2ccccc2)cc1. The molecule has 0 unspecified atom stereocenters. The molecule has 3 nitrogen and oxygen atoms in total. The normalized spacial score (nSPS) is 11.3. The first-order valence-electron chi connectivity index (χ1n) is 8.52. The van der Waals surface area contributed by atoms with Crippen molar-refractivity contribution < 1.29 is 8.42 Å². The van der Waals surface area contributed by atoms with Gasteiger partial charge in [0.15, 0.2) is 0 Å². The average Bonchev–Trinajstić information content (AvgIpc) is 2.65. The number of hydrogen-bond acceptors (Lipinski definition) is 3. The van der Waals surface area contributed by atoms with Gasteiger partial charge < -0.3 is 0 Å². The van der Waals surface area contributed by atoms with Crippen LogP contribution in [-0.2, 0) is 16.4 Å². The van der Waals surface area contributed by atoms with E-state index in [0.717, 1.165) is 28.2 Å². The van der Waals surface area contributed by atoms with E-state index >= 15 is 0 Å². The van der Waals surface area contributed by atoms with Crippen LogP contribution in [0.3, 0.4) is 0 Å². The Morgan fingerprint density at radius 3 is 2.19 bits per heavy atom. The maximum atomic E-state index is 12.8. The number of anilines is 1. The molecule has 0 radical (unpaired) electrons. The summed E-state index contributed by atoms with van der Waals surface area (Å²) in [6, 6.07) is 24.4. The summed E-state index contributed by atoms with van der Waals surface area (Å²) in [5.41, 5.74) is 1.73. The van der Waals surface area contributed by atoms with E-state index < -0.39 is 10.0 Å². The number of aryl methyl sites for hydroxylation is 1. The third-order valence-electron chi connectivity index (χ3n) is 3.87. The fraction of sp³-hybridized carbons (Fsp3) is 0.143. The minimum Gasteiger partial charge on any atom is -0.278 e. The summed E-state index contributed by atoms with van der Waals surface area (Å²) in [5, 5.41) is 0. The molecule has 26 heavy (non-hydrogen) atoms. The minimum atomic E-state index is -3.62. The van der Waals surface area contributed by atoms with E-state index in [4.69, 9.17) is 0 Å². The van der Waals surface area contributed by atoms with Gasteiger partial charge in [-0.15, -0.1) is 0 Å². The van der Waals surface area contributed by atoms with Crippen LogP contribution in [0, 0.1) is 0 Å². The molecular weight excluding hydrogens is 362 g/mol. The summed E-state index contributed by atoms with van der Waals surface area (Å²) in [6.45, 7) is 2.10. The molecule has 0 aliphatic heterocycles. The van der Waals surface area contributed by atoms with Gasteiger partial charge in [-0.05, 0) is 48.4 Å². The highest BCUT2D eigenvalue weighted by atomic mass is 32.2. The molecule has 0 aromatic heterocycles. The van der Waals surface area contributed by atoms with Crippen molar-refractivity contribution in [2.24, 2.45) is 0 Å². The topological polar surface area (TPSA) is 46.2 Å². The molecule has 5 heteroatoms. The minimum absolute atomic E-state index is 0.275. The van der Waals surface area contributed by atoms with Crippen LogP contribution in [0.15, 0.2) is 93.5 Å². The molecule has 0 saturated carbocycles. The van der Waals surface area contributed by atoms with E-state index in [2.05, 4.69) is 11.6 Å². The molecule has 0 heterocycles. The number of rotatable bonds is 7. The van der Waals surface area contributed by atoms with Crippen LogP contribution in [0.1, 0.15) is 18.9 Å². The summed E-state index contributed by atoms with van der Waals surface area (Å²) in [4.78, 5) is 2.20. The highest BCUT2D eigenvalue weighted by Gasteiger charge is 2.16. The Morgan fingerprint density at radius 1 is 0.846 bits per heavy atom. The molecule has 0 amide bonds. The van der Waals surface area contributed by atoms with E-state index in [-0.39, 0.29) is 4.90 Å². The maximum Gasteiger partial charge on any atom is 0.261 e. The van der Waals surface area contributed by atoms with Crippen LogP contribution >= 0.6 is 11.8 Å². The molecular formula is C21H21NO2S2. The highest BCUT2D eigenvalue weighted by Crippen LogP contribution is 2.34. The number of sulfonamides is 1. The lowest BCUT2D eigenvalue weighted by Crippen LogP contribution is -2.13. The van der Waals surface area contributed by atoms with Crippen molar-refractivity contribution in [3.8, 4) is 0 Å². The van der Waals surface area contributed by atoms with Crippen molar-refractivity contribution in [1.82, 2.24) is 0 Å². The zero-order valence-electron chi connectivity index (χ0n) is 14.6. The van der Waals surface area contributed by atoms with Crippen molar-refractivity contribution in [2.75, 3.05) is 4.72 Å². The van der Waals surface area contributed by atoms with Crippen LogP contribution in [-0.4, -0.2) is 8.42 Å². The Kier molecular flexibility index (Phi) is 6.01. The first-order valence-corrected chi connectivity index (χ1v) is 10.8. The maximum absolute atomic E-state index is 12.8. The van der Waals surface area contributed by atoms with Gasteiger partial charge in [0.05, 0.1) is 10.6 Å². The number of benzene rings is 3. The summed E-state index contributed by atoms with van der Waals surface area (Å²) in [5.74, 6) is 0. The monoisotopic (exact) mass is 383 g/mol. The Labute approximate surface area is 159 Å². The van der Waals surface area contributed by atoms with Crippen LogP contribution in [0.4, 0.5) is 5.69 Å². The zero-order chi connectivity index (χ0) is 18.4. The van der Waals surface area contributed by atoms with E-state index in [1.807, 2.05) is 60.7 Å². The van der Waals surface area contributed by atoms with Gasteiger partial charge in [-0.2, -0.15) is 0 Å². The van der Waals surface area contributed by atoms with Crippen molar-refractivity contribution in [1.29, 1.82) is 0 Å². The summed E-state index contributed by atoms with van der Waals surface area (Å²) in [6.07, 6.45) is 1.98.